The molecule has 0 aliphatic heterocycles. The van der Waals surface area contributed by atoms with E-state index in [1.54, 1.807) is 0 Å². The van der Waals surface area contributed by atoms with Crippen molar-refractivity contribution in [1.29, 1.82) is 10.5 Å². The summed E-state index contributed by atoms with van der Waals surface area (Å²) >= 11 is 5.89. The second-order valence-electron chi connectivity index (χ2n) is 0.179. The van der Waals surface area contributed by atoms with Crippen LogP contribution in [0.1, 0.15) is 0 Å². The van der Waals surface area contributed by atoms with E-state index in [-0.39, 0.29) is 22.4 Å². The van der Waals surface area contributed by atoms with Crippen LogP contribution in [-0.2, 0) is 38.4 Å². The quantitative estimate of drug-likeness (QED) is 0.384. The van der Waals surface area contributed by atoms with Crippen LogP contribution in [0.15, 0.2) is 0 Å². The van der Waals surface area contributed by atoms with Crippen molar-refractivity contribution < 1.29 is 38.4 Å². The zero-order chi connectivity index (χ0) is 5.41. The third kappa shape index (κ3) is 399. The van der Waals surface area contributed by atoms with Crippen molar-refractivity contribution in [1.82, 2.24) is 0 Å². The smallest absolute Gasteiger partial charge is 0 e. The fraction of sp³-hybridized carbons (Fsp3) is 0. The van der Waals surface area contributed by atoms with Gasteiger partial charge in [0, 0.05) is 22.4 Å². The van der Waals surface area contributed by atoms with Gasteiger partial charge in [-0.1, -0.05) is 12.6 Å². The monoisotopic (exact) mass is 248 g/mol. The first-order valence-electron chi connectivity index (χ1n) is 0.848. The fourth-order valence-electron chi connectivity index (χ4n) is 0. The molecule has 0 aromatic carbocycles. The summed E-state index contributed by atoms with van der Waals surface area (Å²) < 4.78 is 0. The van der Waals surface area contributed by atoms with Crippen molar-refractivity contribution in [3.63, 3.8) is 0 Å². The van der Waals surface area contributed by atoms with E-state index in [1.807, 2.05) is 0 Å². The SMILES string of the molecule is N#CS.N#[C][Fe].[Ag]. The Balaban J connectivity index is -0.0000000400. The number of nitriles is 2. The molecule has 7 heavy (non-hydrogen) atoms. The van der Waals surface area contributed by atoms with Crippen molar-refractivity contribution >= 4 is 12.6 Å². The zero-order valence-electron chi connectivity index (χ0n) is 3.00. The second kappa shape index (κ2) is 30.7. The molecule has 0 spiro atoms. The average molecular weight is 249 g/mol. The van der Waals surface area contributed by atoms with Crippen molar-refractivity contribution in [3.8, 4) is 10.4 Å². The molecule has 0 saturated carbocycles. The molecule has 0 N–H and O–H groups in total. The Labute approximate surface area is 71.6 Å². The van der Waals surface area contributed by atoms with Crippen LogP contribution >= 0.6 is 12.6 Å². The maximum absolute atomic E-state index is 7.21. The largest absolute Gasteiger partial charge is 0 e. The molecule has 1 radical (unpaired) electrons. The molecule has 0 amide bonds. The summed E-state index contributed by atoms with van der Waals surface area (Å²) in [5.74, 6) is 0. The van der Waals surface area contributed by atoms with Gasteiger partial charge in [0.25, 0.3) is 0 Å². The van der Waals surface area contributed by atoms with E-state index in [1.165, 1.54) is 10.4 Å². The minimum absolute atomic E-state index is 0. The van der Waals surface area contributed by atoms with Gasteiger partial charge in [0.1, 0.15) is 5.40 Å². The zero-order valence-corrected chi connectivity index (χ0v) is 6.48. The van der Waals surface area contributed by atoms with E-state index < -0.39 is 0 Å². The summed E-state index contributed by atoms with van der Waals surface area (Å²) in [5, 5.41) is 15.8. The van der Waals surface area contributed by atoms with Gasteiger partial charge in [-0.05, 0) is 0 Å². The van der Waals surface area contributed by atoms with E-state index in [9.17, 15) is 0 Å². The van der Waals surface area contributed by atoms with Crippen LogP contribution < -0.4 is 0 Å². The van der Waals surface area contributed by atoms with Crippen molar-refractivity contribution in [2.75, 3.05) is 0 Å². The molecule has 44 valence electrons. The minimum Gasteiger partial charge on any atom is 0 e. The Morgan fingerprint density at radius 3 is 1.43 bits per heavy atom. The molecule has 0 aromatic heterocycles. The summed E-state index contributed by atoms with van der Waals surface area (Å²) in [6.45, 7) is 0. The molecule has 0 aliphatic rings. The Kier molecular flexibility index (Phi) is 68.6. The molecule has 0 saturated heterocycles. The van der Waals surface area contributed by atoms with Crippen LogP contribution in [0, 0.1) is 20.9 Å². The number of rotatable bonds is 0. The van der Waals surface area contributed by atoms with E-state index in [2.05, 4.69) is 28.6 Å². The van der Waals surface area contributed by atoms with Crippen LogP contribution in [0.3, 0.4) is 0 Å². The molecular weight excluding hydrogens is 248 g/mol. The Morgan fingerprint density at radius 1 is 1.43 bits per heavy atom. The van der Waals surface area contributed by atoms with Gasteiger partial charge >= 0.3 is 26.2 Å². The van der Waals surface area contributed by atoms with Crippen LogP contribution in [0.25, 0.3) is 0 Å². The Bertz CT molecular complexity index is 70.7. The summed E-state index contributed by atoms with van der Waals surface area (Å²) in [7, 11) is 0. The minimum atomic E-state index is 0. The summed E-state index contributed by atoms with van der Waals surface area (Å²) in [5.41, 5.74) is 0. The number of thiocyanates is 1. The molecule has 0 fully saturated rings. The van der Waals surface area contributed by atoms with Gasteiger partial charge in [-0.3, -0.25) is 0 Å². The molecule has 0 rings (SSSR count). The predicted octanol–water partition coefficient (Wildman–Crippen LogP) is 0.409. The first kappa shape index (κ1) is 15.6. The third-order valence-electron chi connectivity index (χ3n) is 0. The van der Waals surface area contributed by atoms with Crippen LogP contribution in [0.5, 0.6) is 0 Å². The molecule has 0 aliphatic carbocycles. The van der Waals surface area contributed by atoms with E-state index >= 15 is 0 Å². The van der Waals surface area contributed by atoms with Gasteiger partial charge < -0.3 is 0 Å². The molecule has 0 unspecified atom stereocenters. The predicted molar refractivity (Wildman–Crippen MR) is 20.2 cm³/mol. The Morgan fingerprint density at radius 2 is 1.43 bits per heavy atom. The van der Waals surface area contributed by atoms with Gasteiger partial charge in [-0.2, -0.15) is 5.26 Å². The second-order valence-corrected chi connectivity index (χ2v) is 0.626. The van der Waals surface area contributed by atoms with E-state index in [0.29, 0.717) is 0 Å². The third-order valence-corrected chi connectivity index (χ3v) is 0. The fourth-order valence-corrected chi connectivity index (χ4v) is 0. The van der Waals surface area contributed by atoms with Crippen LogP contribution in [0.4, 0.5) is 0 Å². The molecule has 0 atom stereocenters. The molecule has 5 heteroatoms. The van der Waals surface area contributed by atoms with Crippen LogP contribution in [-0.4, -0.2) is 0 Å². The van der Waals surface area contributed by atoms with Crippen molar-refractivity contribution in [2.24, 2.45) is 0 Å². The van der Waals surface area contributed by atoms with E-state index in [4.69, 9.17) is 10.5 Å². The van der Waals surface area contributed by atoms with Crippen molar-refractivity contribution in [2.45, 2.75) is 0 Å². The van der Waals surface area contributed by atoms with E-state index in [0.717, 1.165) is 0 Å². The van der Waals surface area contributed by atoms with Gasteiger partial charge in [-0.25, -0.2) is 0 Å². The maximum Gasteiger partial charge on any atom is 0 e. The molecular formula is C2HAgFeN2S. The van der Waals surface area contributed by atoms with Gasteiger partial charge in [0.2, 0.25) is 0 Å². The van der Waals surface area contributed by atoms with Crippen molar-refractivity contribution in [3.05, 3.63) is 0 Å². The number of hydrogen-bond donors (Lipinski definition) is 1. The maximum atomic E-state index is 7.21. The normalized spacial score (nSPS) is 2.29. The summed E-state index contributed by atoms with van der Waals surface area (Å²) in [6.07, 6.45) is 0. The molecule has 0 bridgehead atoms. The number of thiol groups is 1. The molecule has 2 nitrogen and oxygen atoms in total. The van der Waals surface area contributed by atoms with Gasteiger partial charge in [0.15, 0.2) is 0 Å². The first-order valence-corrected chi connectivity index (χ1v) is 1.85. The van der Waals surface area contributed by atoms with Gasteiger partial charge in [0.05, 0.1) is 0 Å². The Hall–Kier alpha value is 0.590. The van der Waals surface area contributed by atoms with Gasteiger partial charge in [-0.15, -0.1) is 0 Å². The summed E-state index contributed by atoms with van der Waals surface area (Å²) in [6, 6.07) is 0. The number of hydrogen-bond acceptors (Lipinski definition) is 3. The first-order chi connectivity index (χ1) is 2.83. The molecule has 0 heterocycles. The van der Waals surface area contributed by atoms with Crippen LogP contribution in [0.2, 0.25) is 0 Å². The topological polar surface area (TPSA) is 47.6 Å². The number of nitrogens with zero attached hydrogens (tertiary/aromatic N) is 2. The summed E-state index contributed by atoms with van der Waals surface area (Å²) in [4.78, 5) is 1.50. The molecule has 0 aromatic rings. The average Bonchev–Trinajstić information content (AvgIpc) is 1.39. The standard InChI is InChI=1S/CHNS.CN.Ag.Fe/c2-1-3;1-2;;/h3H;;;.